The number of amides is 3. The lowest BCUT2D eigenvalue weighted by Gasteiger charge is -2.34. The highest BCUT2D eigenvalue weighted by molar-refractivity contribution is 6.30. The summed E-state index contributed by atoms with van der Waals surface area (Å²) in [6.45, 7) is 5.34. The minimum Gasteiger partial charge on any atom is -0.474 e. The van der Waals surface area contributed by atoms with E-state index in [0.29, 0.717) is 35.3 Å². The fourth-order valence-electron chi connectivity index (χ4n) is 7.18. The van der Waals surface area contributed by atoms with Gasteiger partial charge in [-0.1, -0.05) is 35.9 Å². The number of carbonyl (C=O) groups excluding carboxylic acids is 3. The fourth-order valence-corrected chi connectivity index (χ4v) is 7.29. The minimum atomic E-state index is -0.575. The number of halogens is 1. The molecule has 1 N–H and O–H groups in total. The van der Waals surface area contributed by atoms with E-state index in [2.05, 4.69) is 56.5 Å². The maximum absolute atomic E-state index is 13.1. The zero-order valence-corrected chi connectivity index (χ0v) is 26.0. The molecule has 2 aromatic carbocycles. The maximum atomic E-state index is 13.1. The van der Waals surface area contributed by atoms with Crippen LogP contribution in [0.1, 0.15) is 71.5 Å². The van der Waals surface area contributed by atoms with Gasteiger partial charge in [0.2, 0.25) is 17.7 Å². The lowest BCUT2D eigenvalue weighted by atomic mass is 9.87. The number of likely N-dealkylation sites (tertiary alicyclic amines) is 1. The summed E-state index contributed by atoms with van der Waals surface area (Å²) in [7, 11) is 0. The Morgan fingerprint density at radius 3 is 2.38 bits per heavy atom. The van der Waals surface area contributed by atoms with Crippen LogP contribution < -0.4 is 15.0 Å². The Kier molecular flexibility index (Phi) is 8.47. The van der Waals surface area contributed by atoms with E-state index in [1.807, 2.05) is 18.2 Å². The van der Waals surface area contributed by atoms with Gasteiger partial charge in [-0.3, -0.25) is 24.6 Å². The van der Waals surface area contributed by atoms with Crippen molar-refractivity contribution in [2.75, 3.05) is 31.1 Å². The quantitative estimate of drug-likeness (QED) is 0.372. The number of anilines is 1. The minimum absolute atomic E-state index is 0.114. The molecule has 234 valence electrons. The molecule has 10 heteroatoms. The molecule has 3 fully saturated rings. The Balaban J connectivity index is 0.881. The molecule has 0 spiro atoms. The number of ether oxygens (including phenoxy) is 1. The predicted molar refractivity (Wildman–Crippen MR) is 171 cm³/mol. The van der Waals surface area contributed by atoms with E-state index in [-0.39, 0.29) is 30.2 Å². The van der Waals surface area contributed by atoms with Crippen molar-refractivity contribution in [1.29, 1.82) is 0 Å². The fraction of sp³-hybridized carbons (Fsp3) is 0.429. The number of hydrogen-bond acceptors (Lipinski definition) is 7. The summed E-state index contributed by atoms with van der Waals surface area (Å²) in [5, 5.41) is 2.99. The number of pyridine rings is 1. The number of nitrogens with zero attached hydrogens (tertiary/aromatic N) is 4. The first kappa shape index (κ1) is 29.7. The Morgan fingerprint density at radius 2 is 1.67 bits per heavy atom. The number of hydrogen-bond donors (Lipinski definition) is 1. The van der Waals surface area contributed by atoms with E-state index in [4.69, 9.17) is 16.3 Å². The SMILES string of the molecule is O=C1CCC(N2Cc3cc(C4CCN(Cc5ccc(N6CCC(Oc7ccc(Cl)cn7)CC6)cc5)CC4)ccc3C2=O)C(=O)N1. The summed E-state index contributed by atoms with van der Waals surface area (Å²) in [5.74, 6) is 0.341. The van der Waals surface area contributed by atoms with E-state index in [1.54, 1.807) is 11.1 Å². The number of imide groups is 1. The van der Waals surface area contributed by atoms with Crippen LogP contribution in [0.4, 0.5) is 5.69 Å². The summed E-state index contributed by atoms with van der Waals surface area (Å²) in [6, 6.07) is 18.2. The number of carbonyl (C=O) groups is 3. The largest absolute Gasteiger partial charge is 0.474 e. The molecule has 7 rings (SSSR count). The molecule has 1 aromatic heterocycles. The van der Waals surface area contributed by atoms with Gasteiger partial charge in [0, 0.05) is 69.0 Å². The maximum Gasteiger partial charge on any atom is 0.255 e. The average molecular weight is 628 g/mol. The molecular weight excluding hydrogens is 590 g/mol. The van der Waals surface area contributed by atoms with Crippen LogP contribution in [0.25, 0.3) is 0 Å². The van der Waals surface area contributed by atoms with Crippen molar-refractivity contribution in [1.82, 2.24) is 20.1 Å². The number of benzene rings is 2. The highest BCUT2D eigenvalue weighted by Crippen LogP contribution is 2.34. The van der Waals surface area contributed by atoms with Gasteiger partial charge in [-0.2, -0.15) is 0 Å². The lowest BCUT2D eigenvalue weighted by Crippen LogP contribution is -2.52. The van der Waals surface area contributed by atoms with E-state index >= 15 is 0 Å². The molecule has 1 unspecified atom stereocenters. The molecule has 45 heavy (non-hydrogen) atoms. The third-order valence-electron chi connectivity index (χ3n) is 9.74. The number of fused-ring (bicyclic) bond motifs is 1. The second kappa shape index (κ2) is 12.8. The van der Waals surface area contributed by atoms with Crippen LogP contribution in [0.2, 0.25) is 5.02 Å². The first-order valence-electron chi connectivity index (χ1n) is 16.0. The molecule has 0 bridgehead atoms. The van der Waals surface area contributed by atoms with Crippen molar-refractivity contribution < 1.29 is 19.1 Å². The van der Waals surface area contributed by atoms with Gasteiger partial charge in [-0.25, -0.2) is 4.98 Å². The molecule has 4 aliphatic heterocycles. The smallest absolute Gasteiger partial charge is 0.255 e. The van der Waals surface area contributed by atoms with Crippen molar-refractivity contribution in [3.8, 4) is 5.88 Å². The van der Waals surface area contributed by atoms with E-state index in [9.17, 15) is 14.4 Å². The van der Waals surface area contributed by atoms with Gasteiger partial charge in [0.15, 0.2) is 0 Å². The summed E-state index contributed by atoms with van der Waals surface area (Å²) >= 11 is 5.93. The number of piperidine rings is 3. The molecule has 9 nitrogen and oxygen atoms in total. The zero-order chi connectivity index (χ0) is 30.9. The van der Waals surface area contributed by atoms with Crippen LogP contribution in [-0.4, -0.2) is 70.8 Å². The van der Waals surface area contributed by atoms with Gasteiger partial charge in [-0.15, -0.1) is 0 Å². The second-order valence-electron chi connectivity index (χ2n) is 12.7. The van der Waals surface area contributed by atoms with E-state index in [0.717, 1.165) is 64.0 Å². The first-order valence-corrected chi connectivity index (χ1v) is 16.4. The van der Waals surface area contributed by atoms with Crippen LogP contribution >= 0.6 is 11.6 Å². The molecule has 3 amide bonds. The van der Waals surface area contributed by atoms with E-state index < -0.39 is 6.04 Å². The van der Waals surface area contributed by atoms with Crippen LogP contribution in [0.15, 0.2) is 60.8 Å². The van der Waals surface area contributed by atoms with Crippen LogP contribution in [0.3, 0.4) is 0 Å². The van der Waals surface area contributed by atoms with Crippen molar-refractivity contribution >= 4 is 35.0 Å². The van der Waals surface area contributed by atoms with E-state index in [1.165, 1.54) is 16.8 Å². The summed E-state index contributed by atoms with van der Waals surface area (Å²) in [6.07, 6.45) is 6.51. The standard InChI is InChI=1S/C35H38ClN5O4/c36-27-4-10-33(37-20-27)45-29-13-17-40(18-14-29)28-5-1-23(2-6-28)21-39-15-11-24(12-16-39)25-3-7-30-26(19-25)22-41(35(30)44)31-8-9-32(42)38-34(31)43/h1-7,10,19-20,24,29,31H,8-9,11-18,21-22H2,(H,38,42,43). The summed E-state index contributed by atoms with van der Waals surface area (Å²) < 4.78 is 6.05. The van der Waals surface area contributed by atoms with Crippen molar-refractivity contribution in [3.05, 3.63) is 88.1 Å². The Hall–Kier alpha value is -3.95. The molecule has 0 aliphatic carbocycles. The highest BCUT2D eigenvalue weighted by Gasteiger charge is 2.39. The normalized spacial score (nSPS) is 21.6. The summed E-state index contributed by atoms with van der Waals surface area (Å²) in [5.41, 5.74) is 5.52. The van der Waals surface area contributed by atoms with Gasteiger partial charge < -0.3 is 14.5 Å². The van der Waals surface area contributed by atoms with Gasteiger partial charge in [0.1, 0.15) is 12.1 Å². The second-order valence-corrected chi connectivity index (χ2v) is 13.1. The van der Waals surface area contributed by atoms with Crippen LogP contribution in [0.5, 0.6) is 5.88 Å². The molecule has 5 heterocycles. The number of rotatable bonds is 7. The average Bonchev–Trinajstić information content (AvgIpc) is 3.38. The van der Waals surface area contributed by atoms with Gasteiger partial charge in [-0.05, 0) is 79.2 Å². The molecule has 1 atom stereocenters. The van der Waals surface area contributed by atoms with Crippen molar-refractivity contribution in [3.63, 3.8) is 0 Å². The van der Waals surface area contributed by atoms with Gasteiger partial charge in [0.05, 0.1) is 5.02 Å². The number of nitrogens with one attached hydrogen (secondary N) is 1. The zero-order valence-electron chi connectivity index (χ0n) is 25.3. The third-order valence-corrected chi connectivity index (χ3v) is 9.97. The van der Waals surface area contributed by atoms with Crippen molar-refractivity contribution in [2.24, 2.45) is 0 Å². The Morgan fingerprint density at radius 1 is 0.889 bits per heavy atom. The molecule has 3 saturated heterocycles. The van der Waals surface area contributed by atoms with Crippen molar-refractivity contribution in [2.45, 2.75) is 69.7 Å². The molecule has 0 radical (unpaired) electrons. The molecule has 0 saturated carbocycles. The third kappa shape index (κ3) is 6.56. The highest BCUT2D eigenvalue weighted by atomic mass is 35.5. The lowest BCUT2D eigenvalue weighted by molar-refractivity contribution is -0.136. The Bertz CT molecular complexity index is 1560. The molecule has 4 aliphatic rings. The monoisotopic (exact) mass is 627 g/mol. The van der Waals surface area contributed by atoms with Gasteiger partial charge in [0.25, 0.3) is 5.91 Å². The van der Waals surface area contributed by atoms with Crippen LogP contribution in [-0.2, 0) is 22.7 Å². The number of aromatic nitrogens is 1. The molecular formula is C35H38ClN5O4. The Labute approximate surface area is 268 Å². The topological polar surface area (TPSA) is 95.1 Å². The predicted octanol–water partition coefficient (Wildman–Crippen LogP) is 4.92. The van der Waals surface area contributed by atoms with Gasteiger partial charge >= 0.3 is 0 Å². The summed E-state index contributed by atoms with van der Waals surface area (Å²) in [4.78, 5) is 47.9. The molecule has 3 aromatic rings. The first-order chi connectivity index (χ1) is 21.9. The van der Waals surface area contributed by atoms with Crippen LogP contribution in [0, 0.1) is 0 Å².